The van der Waals surface area contributed by atoms with Crippen molar-refractivity contribution in [2.75, 3.05) is 19.8 Å². The van der Waals surface area contributed by atoms with E-state index in [-0.39, 0.29) is 12.3 Å². The van der Waals surface area contributed by atoms with Crippen LogP contribution in [0.4, 0.5) is 0 Å². The molecule has 0 saturated carbocycles. The highest BCUT2D eigenvalue weighted by atomic mass is 35.5. The first kappa shape index (κ1) is 17.4. The first-order valence-electron chi connectivity index (χ1n) is 7.27. The van der Waals surface area contributed by atoms with Crippen molar-refractivity contribution in [3.63, 3.8) is 0 Å². The highest BCUT2D eigenvalue weighted by molar-refractivity contribution is 6.31. The van der Waals surface area contributed by atoms with Gasteiger partial charge < -0.3 is 14.8 Å². The largest absolute Gasteiger partial charge is 0.351 e. The summed E-state index contributed by atoms with van der Waals surface area (Å²) in [7, 11) is 0. The Morgan fingerprint density at radius 3 is 2.50 bits per heavy atom. The molecule has 1 rings (SSSR count). The zero-order chi connectivity index (χ0) is 14.8. The minimum atomic E-state index is -0.263. The van der Waals surface area contributed by atoms with Crippen LogP contribution < -0.4 is 5.32 Å². The number of nitrogens with one attached hydrogen (secondary N) is 1. The van der Waals surface area contributed by atoms with Crippen LogP contribution in [-0.2, 0) is 15.9 Å². The second-order valence-electron chi connectivity index (χ2n) is 4.51. The summed E-state index contributed by atoms with van der Waals surface area (Å²) in [4.78, 5) is 4.02. The molecule has 1 aromatic rings. The van der Waals surface area contributed by atoms with Gasteiger partial charge in [-0.2, -0.15) is 0 Å². The van der Waals surface area contributed by atoms with E-state index in [2.05, 4.69) is 17.2 Å². The molecule has 0 radical (unpaired) electrons. The highest BCUT2D eigenvalue weighted by Gasteiger charge is 2.23. The van der Waals surface area contributed by atoms with Crippen LogP contribution in [0.15, 0.2) is 18.5 Å². The lowest BCUT2D eigenvalue weighted by Gasteiger charge is -2.28. The third kappa shape index (κ3) is 5.75. The second kappa shape index (κ2) is 10.1. The molecule has 1 unspecified atom stereocenters. The smallest absolute Gasteiger partial charge is 0.172 e. The fourth-order valence-corrected chi connectivity index (χ4v) is 2.21. The Labute approximate surface area is 126 Å². The maximum atomic E-state index is 6.19. The van der Waals surface area contributed by atoms with E-state index in [0.29, 0.717) is 18.2 Å². The first-order chi connectivity index (χ1) is 9.72. The standard InChI is InChI=1S/C15H25ClN2O2/c1-4-8-18-14(15(19-5-2)20-6-3)10-12-7-9-17-11-13(12)16/h7,9,11,14-15,18H,4-6,8,10H2,1-3H3. The number of ether oxygens (including phenoxy) is 2. The van der Waals surface area contributed by atoms with Gasteiger partial charge in [0.15, 0.2) is 6.29 Å². The van der Waals surface area contributed by atoms with Gasteiger partial charge in [-0.15, -0.1) is 0 Å². The van der Waals surface area contributed by atoms with Gasteiger partial charge in [0.2, 0.25) is 0 Å². The SMILES string of the molecule is CCCNC(Cc1ccncc1Cl)C(OCC)OCC. The van der Waals surface area contributed by atoms with Crippen LogP contribution >= 0.6 is 11.6 Å². The van der Waals surface area contributed by atoms with E-state index in [1.165, 1.54) is 0 Å². The number of aromatic nitrogens is 1. The molecule has 0 aliphatic rings. The van der Waals surface area contributed by atoms with Crippen LogP contribution in [0.2, 0.25) is 5.02 Å². The fraction of sp³-hybridized carbons (Fsp3) is 0.667. The molecule has 1 aromatic heterocycles. The van der Waals surface area contributed by atoms with Gasteiger partial charge in [-0.25, -0.2) is 0 Å². The van der Waals surface area contributed by atoms with Crippen LogP contribution in [0, 0.1) is 0 Å². The minimum Gasteiger partial charge on any atom is -0.351 e. The van der Waals surface area contributed by atoms with E-state index in [4.69, 9.17) is 21.1 Å². The molecule has 0 aliphatic heterocycles. The molecule has 1 atom stereocenters. The van der Waals surface area contributed by atoms with Crippen LogP contribution in [0.1, 0.15) is 32.8 Å². The molecule has 5 heteroatoms. The Balaban J connectivity index is 2.78. The van der Waals surface area contributed by atoms with Gasteiger partial charge in [0, 0.05) is 25.6 Å². The molecular weight excluding hydrogens is 276 g/mol. The maximum Gasteiger partial charge on any atom is 0.172 e. The number of nitrogens with zero attached hydrogens (tertiary/aromatic N) is 1. The van der Waals surface area contributed by atoms with Gasteiger partial charge in [-0.05, 0) is 44.9 Å². The van der Waals surface area contributed by atoms with Crippen molar-refractivity contribution in [2.45, 2.75) is 45.9 Å². The predicted octanol–water partition coefficient (Wildman–Crippen LogP) is 3.04. The molecule has 0 saturated heterocycles. The topological polar surface area (TPSA) is 43.4 Å². The summed E-state index contributed by atoms with van der Waals surface area (Å²) in [6.07, 6.45) is 4.98. The molecule has 1 heterocycles. The third-order valence-electron chi connectivity index (χ3n) is 2.94. The Hall–Kier alpha value is -0.680. The van der Waals surface area contributed by atoms with Gasteiger partial charge >= 0.3 is 0 Å². The summed E-state index contributed by atoms with van der Waals surface area (Å²) in [6.45, 7) is 8.26. The van der Waals surface area contributed by atoms with E-state index in [1.807, 2.05) is 19.9 Å². The average molecular weight is 301 g/mol. The van der Waals surface area contributed by atoms with Crippen molar-refractivity contribution in [3.05, 3.63) is 29.0 Å². The first-order valence-corrected chi connectivity index (χ1v) is 7.65. The Morgan fingerprint density at radius 2 is 1.95 bits per heavy atom. The lowest BCUT2D eigenvalue weighted by molar-refractivity contribution is -0.153. The molecule has 0 fully saturated rings. The highest BCUT2D eigenvalue weighted by Crippen LogP contribution is 2.18. The fourth-order valence-electron chi connectivity index (χ4n) is 2.01. The number of rotatable bonds is 10. The van der Waals surface area contributed by atoms with Crippen molar-refractivity contribution in [2.24, 2.45) is 0 Å². The van der Waals surface area contributed by atoms with Crippen molar-refractivity contribution in [1.82, 2.24) is 10.3 Å². The zero-order valence-corrected chi connectivity index (χ0v) is 13.3. The molecule has 0 spiro atoms. The Bertz CT molecular complexity index is 371. The lowest BCUT2D eigenvalue weighted by atomic mass is 10.1. The second-order valence-corrected chi connectivity index (χ2v) is 4.92. The monoisotopic (exact) mass is 300 g/mol. The summed E-state index contributed by atoms with van der Waals surface area (Å²) in [6, 6.07) is 2.02. The summed E-state index contributed by atoms with van der Waals surface area (Å²) in [5.74, 6) is 0. The van der Waals surface area contributed by atoms with Crippen LogP contribution in [-0.4, -0.2) is 37.1 Å². The van der Waals surface area contributed by atoms with Crippen LogP contribution in [0.5, 0.6) is 0 Å². The van der Waals surface area contributed by atoms with Crippen molar-refractivity contribution >= 4 is 11.6 Å². The summed E-state index contributed by atoms with van der Waals surface area (Å²) in [5, 5.41) is 4.17. The Morgan fingerprint density at radius 1 is 1.25 bits per heavy atom. The molecule has 20 heavy (non-hydrogen) atoms. The van der Waals surface area contributed by atoms with Crippen LogP contribution in [0.3, 0.4) is 0 Å². The number of hydrogen-bond donors (Lipinski definition) is 1. The van der Waals surface area contributed by atoms with Gasteiger partial charge in [0.25, 0.3) is 0 Å². The van der Waals surface area contributed by atoms with Gasteiger partial charge in [0.1, 0.15) is 0 Å². The maximum absolute atomic E-state index is 6.19. The van der Waals surface area contributed by atoms with E-state index < -0.39 is 0 Å². The molecule has 4 nitrogen and oxygen atoms in total. The van der Waals surface area contributed by atoms with Crippen molar-refractivity contribution in [3.8, 4) is 0 Å². The van der Waals surface area contributed by atoms with E-state index in [1.54, 1.807) is 12.4 Å². The molecule has 0 aliphatic carbocycles. The van der Waals surface area contributed by atoms with Crippen molar-refractivity contribution in [1.29, 1.82) is 0 Å². The number of halogens is 1. The molecule has 1 N–H and O–H groups in total. The third-order valence-corrected chi connectivity index (χ3v) is 3.28. The quantitative estimate of drug-likeness (QED) is 0.675. The van der Waals surface area contributed by atoms with Gasteiger partial charge in [-0.3, -0.25) is 4.98 Å². The molecular formula is C15H25ClN2O2. The zero-order valence-electron chi connectivity index (χ0n) is 12.6. The Kier molecular flexibility index (Phi) is 8.78. The summed E-state index contributed by atoms with van der Waals surface area (Å²) in [5.41, 5.74) is 1.06. The average Bonchev–Trinajstić information content (AvgIpc) is 2.45. The minimum absolute atomic E-state index is 0.0785. The molecule has 114 valence electrons. The van der Waals surface area contributed by atoms with E-state index in [0.717, 1.165) is 24.9 Å². The number of pyridine rings is 1. The molecule has 0 bridgehead atoms. The molecule has 0 amide bonds. The van der Waals surface area contributed by atoms with Crippen molar-refractivity contribution < 1.29 is 9.47 Å². The van der Waals surface area contributed by atoms with Gasteiger partial charge in [0.05, 0.1) is 11.1 Å². The van der Waals surface area contributed by atoms with Crippen LogP contribution in [0.25, 0.3) is 0 Å². The normalized spacial score (nSPS) is 12.8. The predicted molar refractivity (Wildman–Crippen MR) is 82.1 cm³/mol. The molecule has 0 aromatic carbocycles. The lowest BCUT2D eigenvalue weighted by Crippen LogP contribution is -2.45. The van der Waals surface area contributed by atoms with E-state index >= 15 is 0 Å². The van der Waals surface area contributed by atoms with E-state index in [9.17, 15) is 0 Å². The number of hydrogen-bond acceptors (Lipinski definition) is 4. The van der Waals surface area contributed by atoms with Gasteiger partial charge in [-0.1, -0.05) is 18.5 Å². The summed E-state index contributed by atoms with van der Waals surface area (Å²) < 4.78 is 11.4. The summed E-state index contributed by atoms with van der Waals surface area (Å²) >= 11 is 6.19.